The van der Waals surface area contributed by atoms with Crippen LogP contribution in [0.1, 0.15) is 50.3 Å². The van der Waals surface area contributed by atoms with Crippen LogP contribution in [0.25, 0.3) is 0 Å². The first-order valence-corrected chi connectivity index (χ1v) is 7.44. The summed E-state index contributed by atoms with van der Waals surface area (Å²) in [6, 6.07) is 2.67. The molecule has 1 rings (SSSR count). The van der Waals surface area contributed by atoms with Gasteiger partial charge in [0.2, 0.25) is 0 Å². The van der Waals surface area contributed by atoms with Crippen molar-refractivity contribution in [3.63, 3.8) is 0 Å². The number of ketones is 1. The lowest BCUT2D eigenvalue weighted by molar-refractivity contribution is -0.138. The average Bonchev–Trinajstić information content (AvgIpc) is 2.36. The fourth-order valence-corrected chi connectivity index (χ4v) is 2.11. The van der Waals surface area contributed by atoms with Crippen LogP contribution in [-0.2, 0) is 17.4 Å². The molecule has 0 saturated carbocycles. The predicted molar refractivity (Wildman–Crippen MR) is 80.1 cm³/mol. The van der Waals surface area contributed by atoms with E-state index in [0.717, 1.165) is 12.5 Å². The molecule has 0 fully saturated rings. The minimum atomic E-state index is -4.42. The second-order valence-corrected chi connectivity index (χ2v) is 5.99. The Hall–Kier alpha value is -1.52. The van der Waals surface area contributed by atoms with E-state index in [2.05, 4.69) is 0 Å². The molecule has 0 spiro atoms. The van der Waals surface area contributed by atoms with Crippen molar-refractivity contribution in [1.82, 2.24) is 0 Å². The third-order valence-electron chi connectivity index (χ3n) is 3.50. The van der Waals surface area contributed by atoms with Gasteiger partial charge in [-0.25, -0.2) is 0 Å². The Balaban J connectivity index is 3.06. The smallest absolute Gasteiger partial charge is 0.416 e. The lowest BCUT2D eigenvalue weighted by atomic mass is 9.97. The molecule has 0 atom stereocenters. The number of ether oxygens (including phenoxy) is 1. The zero-order valence-corrected chi connectivity index (χ0v) is 13.5. The second kappa shape index (κ2) is 7.65. The normalized spacial score (nSPS) is 11.8. The van der Waals surface area contributed by atoms with Crippen LogP contribution in [0, 0.1) is 12.8 Å². The minimum absolute atomic E-state index is 0.0425. The molecule has 1 aromatic rings. The maximum Gasteiger partial charge on any atom is 0.416 e. The van der Waals surface area contributed by atoms with Crippen molar-refractivity contribution in [3.8, 4) is 5.75 Å². The summed E-state index contributed by atoms with van der Waals surface area (Å²) in [6.45, 7) is 7.30. The Morgan fingerprint density at radius 3 is 2.41 bits per heavy atom. The van der Waals surface area contributed by atoms with E-state index in [-0.39, 0.29) is 23.5 Å². The van der Waals surface area contributed by atoms with Crippen molar-refractivity contribution in [2.45, 2.75) is 53.1 Å². The number of rotatable bonds is 7. The van der Waals surface area contributed by atoms with Gasteiger partial charge in [-0.2, -0.15) is 13.2 Å². The molecular formula is C17H23F3O2. The summed E-state index contributed by atoms with van der Waals surface area (Å²) in [4.78, 5) is 11.1. The van der Waals surface area contributed by atoms with Gasteiger partial charge >= 0.3 is 6.18 Å². The van der Waals surface area contributed by atoms with Crippen LogP contribution >= 0.6 is 0 Å². The van der Waals surface area contributed by atoms with Crippen molar-refractivity contribution in [2.75, 3.05) is 6.61 Å². The SMILES string of the molecule is CC(=O)CCc1cc(OCCC(C)C)cc(C(F)(F)F)c1C. The number of benzene rings is 1. The predicted octanol–water partition coefficient (Wildman–Crippen LogP) is 4.96. The largest absolute Gasteiger partial charge is 0.494 e. The van der Waals surface area contributed by atoms with Gasteiger partial charge in [-0.15, -0.1) is 0 Å². The lowest BCUT2D eigenvalue weighted by Gasteiger charge is -2.17. The number of hydrogen-bond acceptors (Lipinski definition) is 2. The van der Waals surface area contributed by atoms with Crippen molar-refractivity contribution < 1.29 is 22.7 Å². The molecule has 22 heavy (non-hydrogen) atoms. The van der Waals surface area contributed by atoms with Crippen molar-refractivity contribution >= 4 is 5.78 Å². The second-order valence-electron chi connectivity index (χ2n) is 5.99. The molecule has 0 aliphatic carbocycles. The van der Waals surface area contributed by atoms with Gasteiger partial charge in [-0.3, -0.25) is 0 Å². The molecular weight excluding hydrogens is 293 g/mol. The van der Waals surface area contributed by atoms with E-state index >= 15 is 0 Å². The summed E-state index contributed by atoms with van der Waals surface area (Å²) < 4.78 is 44.9. The number of halogens is 3. The van der Waals surface area contributed by atoms with Gasteiger partial charge in [0.1, 0.15) is 11.5 Å². The van der Waals surface area contributed by atoms with Crippen LogP contribution < -0.4 is 4.74 Å². The molecule has 0 aliphatic rings. The molecule has 0 heterocycles. The number of aryl methyl sites for hydroxylation is 1. The first kappa shape index (κ1) is 18.5. The third kappa shape index (κ3) is 5.70. The van der Waals surface area contributed by atoms with Crippen molar-refractivity contribution in [1.29, 1.82) is 0 Å². The molecule has 0 saturated heterocycles. The van der Waals surface area contributed by atoms with E-state index in [1.807, 2.05) is 13.8 Å². The zero-order chi connectivity index (χ0) is 16.9. The minimum Gasteiger partial charge on any atom is -0.494 e. The van der Waals surface area contributed by atoms with E-state index < -0.39 is 11.7 Å². The molecule has 0 N–H and O–H groups in total. The molecule has 0 aromatic heterocycles. The summed E-state index contributed by atoms with van der Waals surface area (Å²) >= 11 is 0. The van der Waals surface area contributed by atoms with E-state index in [9.17, 15) is 18.0 Å². The van der Waals surface area contributed by atoms with Gasteiger partial charge in [-0.05, 0) is 55.9 Å². The van der Waals surface area contributed by atoms with Gasteiger partial charge in [0.25, 0.3) is 0 Å². The summed E-state index contributed by atoms with van der Waals surface area (Å²) in [6.07, 6.45) is -3.12. The Bertz CT molecular complexity index is 519. The van der Waals surface area contributed by atoms with E-state index in [0.29, 0.717) is 24.5 Å². The van der Waals surface area contributed by atoms with E-state index in [1.165, 1.54) is 13.8 Å². The van der Waals surface area contributed by atoms with E-state index in [1.54, 1.807) is 6.07 Å². The van der Waals surface area contributed by atoms with E-state index in [4.69, 9.17) is 4.74 Å². The van der Waals surface area contributed by atoms with Crippen LogP contribution in [0.2, 0.25) is 0 Å². The summed E-state index contributed by atoms with van der Waals surface area (Å²) in [5, 5.41) is 0. The van der Waals surface area contributed by atoms with Crippen LogP contribution in [0.15, 0.2) is 12.1 Å². The van der Waals surface area contributed by atoms with Gasteiger partial charge in [-0.1, -0.05) is 13.8 Å². The van der Waals surface area contributed by atoms with Gasteiger partial charge in [0, 0.05) is 6.42 Å². The number of carbonyl (C=O) groups is 1. The van der Waals surface area contributed by atoms with Gasteiger partial charge in [0.05, 0.1) is 12.2 Å². The quantitative estimate of drug-likeness (QED) is 0.710. The summed E-state index contributed by atoms with van der Waals surface area (Å²) in [7, 11) is 0. The highest BCUT2D eigenvalue weighted by Crippen LogP contribution is 2.36. The van der Waals surface area contributed by atoms with Crippen LogP contribution in [0.5, 0.6) is 5.75 Å². The number of alkyl halides is 3. The maximum atomic E-state index is 13.1. The van der Waals surface area contributed by atoms with Crippen LogP contribution in [0.4, 0.5) is 13.2 Å². The third-order valence-corrected chi connectivity index (χ3v) is 3.50. The Labute approximate surface area is 129 Å². The fraction of sp³-hybridized carbons (Fsp3) is 0.588. The molecule has 0 amide bonds. The number of carbonyl (C=O) groups excluding carboxylic acids is 1. The molecule has 0 radical (unpaired) electrons. The summed E-state index contributed by atoms with van der Waals surface area (Å²) in [5.74, 6) is 0.598. The molecule has 0 aliphatic heterocycles. The van der Waals surface area contributed by atoms with Crippen LogP contribution in [-0.4, -0.2) is 12.4 Å². The first-order chi connectivity index (χ1) is 10.1. The van der Waals surface area contributed by atoms with Crippen molar-refractivity contribution in [3.05, 3.63) is 28.8 Å². The van der Waals surface area contributed by atoms with Crippen molar-refractivity contribution in [2.24, 2.45) is 5.92 Å². The standard InChI is InChI=1S/C17H23F3O2/c1-11(2)7-8-22-15-9-14(6-5-12(3)21)13(4)16(10-15)17(18,19)20/h9-11H,5-8H2,1-4H3. The van der Waals surface area contributed by atoms with Gasteiger partial charge < -0.3 is 9.53 Å². The Morgan fingerprint density at radius 2 is 1.91 bits per heavy atom. The fourth-order valence-electron chi connectivity index (χ4n) is 2.11. The van der Waals surface area contributed by atoms with Crippen LogP contribution in [0.3, 0.4) is 0 Å². The molecule has 124 valence electrons. The molecule has 5 heteroatoms. The maximum absolute atomic E-state index is 13.1. The monoisotopic (exact) mass is 316 g/mol. The highest BCUT2D eigenvalue weighted by atomic mass is 19.4. The van der Waals surface area contributed by atoms with Gasteiger partial charge in [0.15, 0.2) is 0 Å². The number of Topliss-reactive ketones (excluding diaryl/α,β-unsaturated/α-hetero) is 1. The molecule has 0 bridgehead atoms. The average molecular weight is 316 g/mol. The topological polar surface area (TPSA) is 26.3 Å². The molecule has 0 unspecified atom stereocenters. The Morgan fingerprint density at radius 1 is 1.27 bits per heavy atom. The first-order valence-electron chi connectivity index (χ1n) is 7.44. The highest BCUT2D eigenvalue weighted by molar-refractivity contribution is 5.75. The Kier molecular flexibility index (Phi) is 6.45. The molecule has 1 aromatic carbocycles. The highest BCUT2D eigenvalue weighted by Gasteiger charge is 2.33. The summed E-state index contributed by atoms with van der Waals surface area (Å²) in [5.41, 5.74) is 0.00244. The zero-order valence-electron chi connectivity index (χ0n) is 13.5. The lowest BCUT2D eigenvalue weighted by Crippen LogP contribution is -2.11. The molecule has 2 nitrogen and oxygen atoms in total. The number of hydrogen-bond donors (Lipinski definition) is 0.